The molecule has 0 aromatic heterocycles. The molecule has 1 atom stereocenters. The third-order valence-electron chi connectivity index (χ3n) is 3.82. The summed E-state index contributed by atoms with van der Waals surface area (Å²) >= 11 is 0. The summed E-state index contributed by atoms with van der Waals surface area (Å²) < 4.78 is 35.4. The van der Waals surface area contributed by atoms with Crippen LogP contribution in [-0.4, -0.2) is 40.3 Å². The molecule has 124 valence electrons. The van der Waals surface area contributed by atoms with Gasteiger partial charge in [0.25, 0.3) is 0 Å². The predicted molar refractivity (Wildman–Crippen MR) is 83.7 cm³/mol. The molecule has 2 heterocycles. The molecule has 1 aromatic rings. The van der Waals surface area contributed by atoms with Crippen molar-refractivity contribution < 1.29 is 22.1 Å². The minimum Gasteiger partial charge on any atom is -0.489 e. The maximum absolute atomic E-state index is 12.1. The summed E-state index contributed by atoms with van der Waals surface area (Å²) in [4.78, 5) is 11.4. The maximum atomic E-state index is 12.1. The Bertz CT molecular complexity index is 775. The fourth-order valence-electron chi connectivity index (χ4n) is 2.68. The van der Waals surface area contributed by atoms with Crippen LogP contribution in [0.25, 0.3) is 0 Å². The molecule has 0 bridgehead atoms. The van der Waals surface area contributed by atoms with Crippen LogP contribution in [0.15, 0.2) is 23.3 Å². The molecule has 23 heavy (non-hydrogen) atoms. The SMILES string of the molecule is COS(=O)(=O)N1CCOc2ccc(C3=NNC(=O)CC3C)cc21. The highest BCUT2D eigenvalue weighted by Gasteiger charge is 2.30. The van der Waals surface area contributed by atoms with Gasteiger partial charge in [0.2, 0.25) is 5.91 Å². The van der Waals surface area contributed by atoms with Gasteiger partial charge < -0.3 is 4.74 Å². The number of ether oxygens (including phenoxy) is 1. The lowest BCUT2D eigenvalue weighted by Gasteiger charge is -2.30. The second-order valence-corrected chi connectivity index (χ2v) is 6.99. The fraction of sp³-hybridized carbons (Fsp3) is 0.429. The minimum atomic E-state index is -3.86. The standard InChI is InChI=1S/C14H17N3O5S/c1-9-7-13(18)15-16-14(9)10-3-4-12-11(8-10)17(5-6-22-12)23(19,20)21-2/h3-4,8-9H,5-7H2,1-2H3,(H,15,18). The Morgan fingerprint density at radius 3 is 2.91 bits per heavy atom. The predicted octanol–water partition coefficient (Wildman–Crippen LogP) is 0.637. The molecule has 0 fully saturated rings. The molecular weight excluding hydrogens is 322 g/mol. The number of nitrogens with one attached hydrogen (secondary N) is 1. The van der Waals surface area contributed by atoms with E-state index >= 15 is 0 Å². The number of nitrogens with zero attached hydrogens (tertiary/aromatic N) is 2. The van der Waals surface area contributed by atoms with E-state index in [1.54, 1.807) is 18.2 Å². The molecule has 0 radical (unpaired) electrons. The first-order chi connectivity index (χ1) is 10.9. The topological polar surface area (TPSA) is 97.3 Å². The van der Waals surface area contributed by atoms with E-state index in [0.717, 1.165) is 12.7 Å². The summed E-state index contributed by atoms with van der Waals surface area (Å²) in [5.41, 5.74) is 4.30. The molecule has 1 N–H and O–H groups in total. The van der Waals surface area contributed by atoms with Crippen molar-refractivity contribution in [3.8, 4) is 5.75 Å². The van der Waals surface area contributed by atoms with E-state index in [1.165, 1.54) is 4.31 Å². The van der Waals surface area contributed by atoms with Crippen molar-refractivity contribution in [2.45, 2.75) is 13.3 Å². The van der Waals surface area contributed by atoms with Crippen LogP contribution < -0.4 is 14.5 Å². The first-order valence-electron chi connectivity index (χ1n) is 7.14. The van der Waals surface area contributed by atoms with Gasteiger partial charge in [0.15, 0.2) is 0 Å². The second kappa shape index (κ2) is 5.82. The second-order valence-electron chi connectivity index (χ2n) is 5.36. The summed E-state index contributed by atoms with van der Waals surface area (Å²) in [6.07, 6.45) is 0.340. The van der Waals surface area contributed by atoms with Crippen molar-refractivity contribution in [3.05, 3.63) is 23.8 Å². The third-order valence-corrected chi connectivity index (χ3v) is 5.16. The molecular formula is C14H17N3O5S. The smallest absolute Gasteiger partial charge is 0.362 e. The average molecular weight is 339 g/mol. The Morgan fingerprint density at radius 1 is 1.43 bits per heavy atom. The van der Waals surface area contributed by atoms with Crippen molar-refractivity contribution in [2.75, 3.05) is 24.6 Å². The summed E-state index contributed by atoms with van der Waals surface area (Å²) in [6, 6.07) is 5.19. The van der Waals surface area contributed by atoms with Crippen molar-refractivity contribution in [1.82, 2.24) is 5.43 Å². The van der Waals surface area contributed by atoms with Gasteiger partial charge in [-0.25, -0.2) is 9.73 Å². The van der Waals surface area contributed by atoms with Crippen molar-refractivity contribution in [1.29, 1.82) is 0 Å². The number of carbonyl (C=O) groups is 1. The lowest BCUT2D eigenvalue weighted by atomic mass is 9.93. The van der Waals surface area contributed by atoms with Crippen molar-refractivity contribution in [2.24, 2.45) is 11.0 Å². The van der Waals surface area contributed by atoms with Crippen LogP contribution in [0.2, 0.25) is 0 Å². The van der Waals surface area contributed by atoms with Gasteiger partial charge in [-0.05, 0) is 18.2 Å². The third kappa shape index (κ3) is 2.89. The number of carbonyl (C=O) groups excluding carboxylic acids is 1. The maximum Gasteiger partial charge on any atom is 0.362 e. The van der Waals surface area contributed by atoms with Gasteiger partial charge in [0.05, 0.1) is 25.1 Å². The monoisotopic (exact) mass is 339 g/mol. The number of hydrogen-bond acceptors (Lipinski definition) is 6. The zero-order valence-electron chi connectivity index (χ0n) is 12.8. The lowest BCUT2D eigenvalue weighted by molar-refractivity contribution is -0.121. The fourth-order valence-corrected chi connectivity index (χ4v) is 3.54. The number of anilines is 1. The summed E-state index contributed by atoms with van der Waals surface area (Å²) in [5, 5.41) is 4.10. The number of benzene rings is 1. The molecule has 2 aliphatic heterocycles. The first-order valence-corrected chi connectivity index (χ1v) is 8.51. The Hall–Kier alpha value is -2.13. The van der Waals surface area contributed by atoms with Crippen LogP contribution in [0, 0.1) is 5.92 Å². The average Bonchev–Trinajstić information content (AvgIpc) is 2.54. The van der Waals surface area contributed by atoms with Gasteiger partial charge in [0.1, 0.15) is 12.4 Å². The number of hydrazone groups is 1. The quantitative estimate of drug-likeness (QED) is 0.871. The molecule has 2 aliphatic rings. The van der Waals surface area contributed by atoms with E-state index in [1.807, 2.05) is 6.92 Å². The van der Waals surface area contributed by atoms with E-state index < -0.39 is 10.3 Å². The van der Waals surface area contributed by atoms with E-state index in [-0.39, 0.29) is 25.0 Å². The van der Waals surface area contributed by atoms with Gasteiger partial charge in [-0.1, -0.05) is 6.92 Å². The molecule has 8 nitrogen and oxygen atoms in total. The van der Waals surface area contributed by atoms with Crippen molar-refractivity contribution in [3.63, 3.8) is 0 Å². The van der Waals surface area contributed by atoms with E-state index in [9.17, 15) is 13.2 Å². The molecule has 1 amide bonds. The highest BCUT2D eigenvalue weighted by molar-refractivity contribution is 7.88. The van der Waals surface area contributed by atoms with Gasteiger partial charge in [-0.2, -0.15) is 13.5 Å². The van der Waals surface area contributed by atoms with Gasteiger partial charge in [-0.3, -0.25) is 8.98 Å². The highest BCUT2D eigenvalue weighted by Crippen LogP contribution is 2.35. The molecule has 0 saturated heterocycles. The highest BCUT2D eigenvalue weighted by atomic mass is 32.2. The molecule has 1 aromatic carbocycles. The van der Waals surface area contributed by atoms with Crippen LogP contribution in [0.3, 0.4) is 0 Å². The van der Waals surface area contributed by atoms with Gasteiger partial charge in [0, 0.05) is 17.9 Å². The molecule has 0 aliphatic carbocycles. The van der Waals surface area contributed by atoms with Crippen molar-refractivity contribution >= 4 is 27.6 Å². The number of fused-ring (bicyclic) bond motifs is 1. The van der Waals surface area contributed by atoms with E-state index in [4.69, 9.17) is 4.74 Å². The Labute approximate surface area is 134 Å². The Kier molecular flexibility index (Phi) is 3.99. The molecule has 9 heteroatoms. The zero-order chi connectivity index (χ0) is 16.6. The Balaban J connectivity index is 2.04. The minimum absolute atomic E-state index is 0.0567. The Morgan fingerprint density at radius 2 is 2.22 bits per heavy atom. The van der Waals surface area contributed by atoms with Crippen LogP contribution in [-0.2, 0) is 19.3 Å². The summed E-state index contributed by atoms with van der Waals surface area (Å²) in [5.74, 6) is 0.277. The molecule has 1 unspecified atom stereocenters. The van der Waals surface area contributed by atoms with Crippen LogP contribution >= 0.6 is 0 Å². The normalized spacial score (nSPS) is 21.1. The van der Waals surface area contributed by atoms with Crippen LogP contribution in [0.4, 0.5) is 5.69 Å². The van der Waals surface area contributed by atoms with E-state index in [2.05, 4.69) is 14.7 Å². The molecule has 0 saturated carbocycles. The van der Waals surface area contributed by atoms with Gasteiger partial charge >= 0.3 is 10.3 Å². The van der Waals surface area contributed by atoms with Crippen LogP contribution in [0.1, 0.15) is 18.9 Å². The number of amides is 1. The largest absolute Gasteiger partial charge is 0.489 e. The van der Waals surface area contributed by atoms with Gasteiger partial charge in [-0.15, -0.1) is 0 Å². The lowest BCUT2D eigenvalue weighted by Crippen LogP contribution is -2.38. The number of hydrogen-bond donors (Lipinski definition) is 1. The summed E-state index contributed by atoms with van der Waals surface area (Å²) in [6.45, 7) is 2.32. The van der Waals surface area contributed by atoms with E-state index in [0.29, 0.717) is 23.6 Å². The molecule has 0 spiro atoms. The first kappa shape index (κ1) is 15.8. The zero-order valence-corrected chi connectivity index (χ0v) is 13.6. The molecule has 3 rings (SSSR count). The van der Waals surface area contributed by atoms with Crippen LogP contribution in [0.5, 0.6) is 5.75 Å². The number of rotatable bonds is 3. The summed E-state index contributed by atoms with van der Waals surface area (Å²) in [7, 11) is -2.74.